The number of carboxylic acids is 1. The van der Waals surface area contributed by atoms with Crippen molar-refractivity contribution in [1.82, 2.24) is 0 Å². The minimum absolute atomic E-state index is 0. The molecule has 15 heavy (non-hydrogen) atoms. The van der Waals surface area contributed by atoms with Crippen molar-refractivity contribution in [2.75, 3.05) is 0 Å². The van der Waals surface area contributed by atoms with Crippen molar-refractivity contribution in [3.63, 3.8) is 0 Å². The van der Waals surface area contributed by atoms with Crippen LogP contribution in [0.4, 0.5) is 0 Å². The second-order valence-electron chi connectivity index (χ2n) is 3.10. The molecule has 0 fully saturated rings. The first-order chi connectivity index (χ1) is 6.63. The number of hydrogen-bond donors (Lipinski definition) is 2. The number of benzene rings is 1. The summed E-state index contributed by atoms with van der Waals surface area (Å²) >= 11 is 5.62. The van der Waals surface area contributed by atoms with E-state index in [2.05, 4.69) is 0 Å². The summed E-state index contributed by atoms with van der Waals surface area (Å²) < 4.78 is 0. The van der Waals surface area contributed by atoms with Gasteiger partial charge in [0.25, 0.3) is 0 Å². The van der Waals surface area contributed by atoms with Crippen molar-refractivity contribution in [3.8, 4) is 0 Å². The number of nitrogens with two attached hydrogens (primary N) is 1. The zero-order chi connectivity index (χ0) is 10.6. The van der Waals surface area contributed by atoms with Crippen LogP contribution in [0.25, 0.3) is 0 Å². The Kier molecular flexibility index (Phi) is 6.32. The van der Waals surface area contributed by atoms with Crippen LogP contribution in [0.15, 0.2) is 24.3 Å². The lowest BCUT2D eigenvalue weighted by Gasteiger charge is -2.06. The highest BCUT2D eigenvalue weighted by Gasteiger charge is 2.11. The summed E-state index contributed by atoms with van der Waals surface area (Å²) in [5.41, 5.74) is 7.32. The Balaban J connectivity index is 0.00000196. The van der Waals surface area contributed by atoms with Crippen LogP contribution in [0, 0.1) is 0 Å². The first-order valence-corrected chi connectivity index (χ1v) is 4.79. The maximum Gasteiger partial charge on any atom is 0.320 e. The third kappa shape index (κ3) is 4.51. The molecule has 1 rings (SSSR count). The Bertz CT molecular complexity index is 314. The molecule has 3 nitrogen and oxygen atoms in total. The Morgan fingerprint density at radius 1 is 1.33 bits per heavy atom. The van der Waals surface area contributed by atoms with Gasteiger partial charge in [-0.3, -0.25) is 4.79 Å². The summed E-state index contributed by atoms with van der Waals surface area (Å²) in [7, 11) is 0. The average molecular weight is 250 g/mol. The number of carboxylic acid groups (broad SMARTS) is 1. The van der Waals surface area contributed by atoms with Gasteiger partial charge in [-0.2, -0.15) is 0 Å². The average Bonchev–Trinajstić information content (AvgIpc) is 2.19. The highest BCUT2D eigenvalue weighted by atomic mass is 35.5. The third-order valence-corrected chi connectivity index (χ3v) is 2.26. The molecule has 0 radical (unpaired) electrons. The summed E-state index contributed by atoms with van der Waals surface area (Å²) in [6.07, 6.45) is 0.345. The molecule has 1 aromatic rings. The topological polar surface area (TPSA) is 63.3 Å². The summed E-state index contributed by atoms with van der Waals surface area (Å²) in [6.45, 7) is 0. The monoisotopic (exact) mass is 249 g/mol. The fourth-order valence-electron chi connectivity index (χ4n) is 1.11. The second-order valence-corrected chi connectivity index (χ2v) is 3.37. The quantitative estimate of drug-likeness (QED) is 0.801. The Hall–Kier alpha value is -0.770. The van der Waals surface area contributed by atoms with E-state index in [1.165, 1.54) is 0 Å². The smallest absolute Gasteiger partial charge is 0.320 e. The maximum atomic E-state index is 10.5. The van der Waals surface area contributed by atoms with Crippen LogP contribution in [0.5, 0.6) is 0 Å². The molecular weight excluding hydrogens is 237 g/mol. The SMILES string of the molecule is Cl.N[C@H](Cc1ccc(CCl)cc1)C(=O)O. The number of carbonyl (C=O) groups is 1. The van der Waals surface area contributed by atoms with E-state index in [-0.39, 0.29) is 12.4 Å². The Morgan fingerprint density at radius 3 is 2.20 bits per heavy atom. The predicted molar refractivity (Wildman–Crippen MR) is 62.6 cm³/mol. The third-order valence-electron chi connectivity index (χ3n) is 1.95. The van der Waals surface area contributed by atoms with Gasteiger partial charge in [-0.05, 0) is 17.5 Å². The largest absolute Gasteiger partial charge is 0.480 e. The molecule has 0 aromatic heterocycles. The normalized spacial score (nSPS) is 11.6. The van der Waals surface area contributed by atoms with Gasteiger partial charge >= 0.3 is 5.97 Å². The highest BCUT2D eigenvalue weighted by Crippen LogP contribution is 2.08. The van der Waals surface area contributed by atoms with Crippen LogP contribution in [-0.2, 0) is 17.1 Å². The lowest BCUT2D eigenvalue weighted by atomic mass is 10.1. The van der Waals surface area contributed by atoms with Crippen LogP contribution in [0.2, 0.25) is 0 Å². The van der Waals surface area contributed by atoms with E-state index in [9.17, 15) is 4.79 Å². The van der Waals surface area contributed by atoms with Crippen molar-refractivity contribution in [2.24, 2.45) is 5.73 Å². The van der Waals surface area contributed by atoms with E-state index in [1.54, 1.807) is 0 Å². The molecule has 0 saturated heterocycles. The maximum absolute atomic E-state index is 10.5. The van der Waals surface area contributed by atoms with Gasteiger partial charge in [0.05, 0.1) is 0 Å². The molecule has 0 unspecified atom stereocenters. The van der Waals surface area contributed by atoms with Gasteiger partial charge in [0.2, 0.25) is 0 Å². The van der Waals surface area contributed by atoms with Gasteiger partial charge in [0.15, 0.2) is 0 Å². The van der Waals surface area contributed by atoms with E-state index in [1.807, 2.05) is 24.3 Å². The van der Waals surface area contributed by atoms with Gasteiger partial charge in [-0.1, -0.05) is 24.3 Å². The molecule has 0 aliphatic heterocycles. The van der Waals surface area contributed by atoms with Crippen LogP contribution < -0.4 is 5.73 Å². The van der Waals surface area contributed by atoms with Crippen molar-refractivity contribution in [1.29, 1.82) is 0 Å². The lowest BCUT2D eigenvalue weighted by Crippen LogP contribution is -2.32. The molecule has 0 heterocycles. The fourth-order valence-corrected chi connectivity index (χ4v) is 1.28. The first kappa shape index (κ1) is 14.2. The Labute approximate surface area is 99.6 Å². The minimum Gasteiger partial charge on any atom is -0.480 e. The summed E-state index contributed by atoms with van der Waals surface area (Å²) in [4.78, 5) is 10.5. The van der Waals surface area contributed by atoms with E-state index in [0.29, 0.717) is 12.3 Å². The van der Waals surface area contributed by atoms with Gasteiger partial charge in [-0.25, -0.2) is 0 Å². The molecule has 1 atom stereocenters. The number of hydrogen-bond acceptors (Lipinski definition) is 2. The number of alkyl halides is 1. The summed E-state index contributed by atoms with van der Waals surface area (Å²) in [5.74, 6) is -0.517. The molecule has 0 saturated carbocycles. The van der Waals surface area contributed by atoms with Crippen LogP contribution in [0.1, 0.15) is 11.1 Å². The Morgan fingerprint density at radius 2 is 1.80 bits per heavy atom. The van der Waals surface area contributed by atoms with Crippen LogP contribution in [0.3, 0.4) is 0 Å². The van der Waals surface area contributed by atoms with E-state index < -0.39 is 12.0 Å². The second kappa shape index (κ2) is 6.67. The van der Waals surface area contributed by atoms with E-state index in [4.69, 9.17) is 22.4 Å². The van der Waals surface area contributed by atoms with E-state index in [0.717, 1.165) is 11.1 Å². The van der Waals surface area contributed by atoms with Crippen molar-refractivity contribution < 1.29 is 9.90 Å². The van der Waals surface area contributed by atoms with E-state index >= 15 is 0 Å². The molecular formula is C10H13Cl2NO2. The van der Waals surface area contributed by atoms with Crippen LogP contribution >= 0.6 is 24.0 Å². The van der Waals surface area contributed by atoms with Crippen molar-refractivity contribution >= 4 is 30.0 Å². The van der Waals surface area contributed by atoms with Gasteiger partial charge in [0.1, 0.15) is 6.04 Å². The first-order valence-electron chi connectivity index (χ1n) is 4.25. The highest BCUT2D eigenvalue weighted by molar-refractivity contribution is 6.17. The standard InChI is InChI=1S/C10H12ClNO2.ClH/c11-6-8-3-1-7(2-4-8)5-9(12)10(13)14;/h1-4,9H,5-6,12H2,(H,13,14);1H/t9-;/m1./s1. The van der Waals surface area contributed by atoms with Crippen molar-refractivity contribution in [2.45, 2.75) is 18.3 Å². The molecule has 0 bridgehead atoms. The molecule has 0 aliphatic rings. The number of halogens is 2. The molecule has 84 valence electrons. The molecule has 3 N–H and O–H groups in total. The zero-order valence-corrected chi connectivity index (χ0v) is 9.59. The summed E-state index contributed by atoms with van der Waals surface area (Å²) in [5, 5.41) is 8.60. The zero-order valence-electron chi connectivity index (χ0n) is 8.02. The predicted octanol–water partition coefficient (Wildman–Crippen LogP) is 1.80. The fraction of sp³-hybridized carbons (Fsp3) is 0.300. The molecule has 0 spiro atoms. The van der Waals surface area contributed by atoms with Gasteiger partial charge < -0.3 is 10.8 Å². The van der Waals surface area contributed by atoms with Gasteiger partial charge in [0, 0.05) is 5.88 Å². The lowest BCUT2D eigenvalue weighted by molar-refractivity contribution is -0.138. The molecule has 0 aliphatic carbocycles. The van der Waals surface area contributed by atoms with Crippen LogP contribution in [-0.4, -0.2) is 17.1 Å². The number of rotatable bonds is 4. The molecule has 5 heteroatoms. The molecule has 1 aromatic carbocycles. The minimum atomic E-state index is -0.980. The van der Waals surface area contributed by atoms with Gasteiger partial charge in [-0.15, -0.1) is 24.0 Å². The molecule has 0 amide bonds. The summed E-state index contributed by atoms with van der Waals surface area (Å²) in [6, 6.07) is 6.60. The number of aliphatic carboxylic acids is 1. The van der Waals surface area contributed by atoms with Crippen molar-refractivity contribution in [3.05, 3.63) is 35.4 Å².